The van der Waals surface area contributed by atoms with Crippen LogP contribution in [0.4, 0.5) is 0 Å². The van der Waals surface area contributed by atoms with Gasteiger partial charge in [-0.1, -0.05) is 36.4 Å². The topological polar surface area (TPSA) is 88.0 Å². The first kappa shape index (κ1) is 19.2. The minimum absolute atomic E-state index is 0.0668. The predicted molar refractivity (Wildman–Crippen MR) is 99.4 cm³/mol. The van der Waals surface area contributed by atoms with Gasteiger partial charge in [-0.3, -0.25) is 9.59 Å². The van der Waals surface area contributed by atoms with E-state index in [1.54, 1.807) is 0 Å². The quantitative estimate of drug-likeness (QED) is 0.563. The third-order valence-electron chi connectivity index (χ3n) is 3.56. The Morgan fingerprint density at radius 1 is 1.04 bits per heavy atom. The van der Waals surface area contributed by atoms with Crippen LogP contribution in [0.1, 0.15) is 29.5 Å². The number of hydrogen-bond donors (Lipinski definition) is 2. The van der Waals surface area contributed by atoms with Crippen LogP contribution < -0.4 is 10.2 Å². The molecule has 0 aliphatic rings. The molecule has 1 amide bonds. The van der Waals surface area contributed by atoms with E-state index in [1.165, 1.54) is 0 Å². The molecule has 0 radical (unpaired) electrons. The highest BCUT2D eigenvalue weighted by Gasteiger charge is 2.08. The van der Waals surface area contributed by atoms with Crippen molar-refractivity contribution in [1.82, 2.24) is 5.43 Å². The fraction of sp³-hybridized carbons (Fsp3) is 0.250. The number of amides is 1. The van der Waals surface area contributed by atoms with Crippen LogP contribution >= 0.6 is 0 Å². The molecule has 0 aliphatic carbocycles. The third kappa shape index (κ3) is 6.39. The van der Waals surface area contributed by atoms with E-state index >= 15 is 0 Å². The zero-order chi connectivity index (χ0) is 18.9. The van der Waals surface area contributed by atoms with Gasteiger partial charge in [-0.2, -0.15) is 5.10 Å². The summed E-state index contributed by atoms with van der Waals surface area (Å²) in [5.41, 5.74) is 5.82. The van der Waals surface area contributed by atoms with E-state index in [0.29, 0.717) is 11.5 Å². The van der Waals surface area contributed by atoms with Crippen molar-refractivity contribution in [3.63, 3.8) is 0 Å². The second kappa shape index (κ2) is 9.36. The summed E-state index contributed by atoms with van der Waals surface area (Å²) in [6.45, 7) is 3.74. The molecule has 0 spiro atoms. The van der Waals surface area contributed by atoms with E-state index in [1.807, 2.05) is 62.4 Å². The van der Waals surface area contributed by atoms with Crippen molar-refractivity contribution in [3.8, 4) is 5.75 Å². The zero-order valence-electron chi connectivity index (χ0n) is 14.9. The van der Waals surface area contributed by atoms with Crippen molar-refractivity contribution in [2.45, 2.75) is 26.7 Å². The van der Waals surface area contributed by atoms with Crippen molar-refractivity contribution >= 4 is 17.6 Å². The molecule has 0 saturated heterocycles. The number of aryl methyl sites for hydroxylation is 2. The monoisotopic (exact) mass is 354 g/mol. The summed E-state index contributed by atoms with van der Waals surface area (Å²) in [4.78, 5) is 22.8. The number of benzene rings is 2. The van der Waals surface area contributed by atoms with Gasteiger partial charge in [-0.05, 0) is 42.7 Å². The summed E-state index contributed by atoms with van der Waals surface area (Å²) in [5, 5.41) is 13.0. The fourth-order valence-corrected chi connectivity index (χ4v) is 2.45. The number of hydrazone groups is 1. The summed E-state index contributed by atoms with van der Waals surface area (Å²) in [5.74, 6) is -0.707. The summed E-state index contributed by atoms with van der Waals surface area (Å²) in [6.07, 6.45) is 0.153. The lowest BCUT2D eigenvalue weighted by Gasteiger charge is -2.09. The van der Waals surface area contributed by atoms with Crippen LogP contribution in [0.15, 0.2) is 53.6 Å². The predicted octanol–water partition coefficient (Wildman–Crippen LogP) is 3.07. The van der Waals surface area contributed by atoms with Gasteiger partial charge in [0, 0.05) is 6.42 Å². The zero-order valence-corrected chi connectivity index (χ0v) is 14.9. The standard InChI is InChI=1S/C20H22N2O4/c1-14-10-15(2)12-17(11-14)26-13-19(23)22-21-18(8-9-20(24)25)16-6-4-3-5-7-16/h3-7,10-12H,8-9,13H2,1-2H3,(H,22,23)(H,24,25)/b21-18-. The summed E-state index contributed by atoms with van der Waals surface area (Å²) in [6, 6.07) is 14.9. The number of hydrogen-bond acceptors (Lipinski definition) is 4. The van der Waals surface area contributed by atoms with Crippen molar-refractivity contribution in [1.29, 1.82) is 0 Å². The molecule has 0 heterocycles. The Morgan fingerprint density at radius 3 is 2.31 bits per heavy atom. The van der Waals surface area contributed by atoms with E-state index in [9.17, 15) is 9.59 Å². The molecule has 2 N–H and O–H groups in total. The largest absolute Gasteiger partial charge is 0.484 e. The highest BCUT2D eigenvalue weighted by Crippen LogP contribution is 2.16. The van der Waals surface area contributed by atoms with E-state index < -0.39 is 11.9 Å². The molecule has 0 unspecified atom stereocenters. The molecule has 2 aromatic rings. The number of aliphatic carboxylic acids is 1. The molecule has 26 heavy (non-hydrogen) atoms. The van der Waals surface area contributed by atoms with E-state index in [4.69, 9.17) is 9.84 Å². The van der Waals surface area contributed by atoms with Gasteiger partial charge in [0.15, 0.2) is 6.61 Å². The molecular weight excluding hydrogens is 332 g/mol. The molecule has 6 heteroatoms. The minimum atomic E-state index is -0.918. The van der Waals surface area contributed by atoms with Gasteiger partial charge in [0.1, 0.15) is 5.75 Å². The summed E-state index contributed by atoms with van der Waals surface area (Å²) in [7, 11) is 0. The lowest BCUT2D eigenvalue weighted by molar-refractivity contribution is -0.136. The Labute approximate surface area is 152 Å². The smallest absolute Gasteiger partial charge is 0.303 e. The number of carboxylic acid groups (broad SMARTS) is 1. The van der Waals surface area contributed by atoms with Crippen LogP contribution in [0.2, 0.25) is 0 Å². The molecule has 0 saturated carbocycles. The van der Waals surface area contributed by atoms with Crippen LogP contribution in [0.25, 0.3) is 0 Å². The first-order chi connectivity index (χ1) is 12.4. The molecule has 6 nitrogen and oxygen atoms in total. The molecule has 136 valence electrons. The average Bonchev–Trinajstić information content (AvgIpc) is 2.59. The Kier molecular flexibility index (Phi) is 6.91. The maximum Gasteiger partial charge on any atom is 0.303 e. The molecule has 2 aromatic carbocycles. The molecule has 0 atom stereocenters. The molecule has 0 fully saturated rings. The van der Waals surface area contributed by atoms with Crippen LogP contribution in [-0.2, 0) is 9.59 Å². The number of nitrogens with zero attached hydrogens (tertiary/aromatic N) is 1. The van der Waals surface area contributed by atoms with Crippen LogP contribution in [0, 0.1) is 13.8 Å². The lowest BCUT2D eigenvalue weighted by atomic mass is 10.1. The van der Waals surface area contributed by atoms with Crippen LogP contribution in [0.5, 0.6) is 5.75 Å². The normalized spacial score (nSPS) is 11.1. The number of nitrogens with one attached hydrogen (secondary N) is 1. The number of ether oxygens (including phenoxy) is 1. The van der Waals surface area contributed by atoms with Gasteiger partial charge < -0.3 is 9.84 Å². The summed E-state index contributed by atoms with van der Waals surface area (Å²) >= 11 is 0. The Morgan fingerprint density at radius 2 is 1.69 bits per heavy atom. The van der Waals surface area contributed by atoms with E-state index in [2.05, 4.69) is 10.5 Å². The highest BCUT2D eigenvalue weighted by atomic mass is 16.5. The number of carboxylic acids is 1. The van der Waals surface area contributed by atoms with E-state index in [0.717, 1.165) is 16.7 Å². The number of carbonyl (C=O) groups is 2. The Hall–Kier alpha value is -3.15. The SMILES string of the molecule is Cc1cc(C)cc(OCC(=O)N/N=C(/CCC(=O)O)c2ccccc2)c1. The lowest BCUT2D eigenvalue weighted by Crippen LogP contribution is -2.26. The molecule has 0 aliphatic heterocycles. The molecule has 2 rings (SSSR count). The van der Waals surface area contributed by atoms with Gasteiger partial charge in [-0.15, -0.1) is 0 Å². The fourth-order valence-electron chi connectivity index (χ4n) is 2.45. The summed E-state index contributed by atoms with van der Waals surface area (Å²) < 4.78 is 5.49. The van der Waals surface area contributed by atoms with Gasteiger partial charge in [-0.25, -0.2) is 5.43 Å². The Balaban J connectivity index is 1.98. The molecule has 0 bridgehead atoms. The van der Waals surface area contributed by atoms with Crippen molar-refractivity contribution in [3.05, 3.63) is 65.2 Å². The van der Waals surface area contributed by atoms with Crippen LogP contribution in [-0.4, -0.2) is 29.3 Å². The maximum absolute atomic E-state index is 12.0. The molecular formula is C20H22N2O4. The number of carbonyl (C=O) groups excluding carboxylic acids is 1. The van der Waals surface area contributed by atoms with E-state index in [-0.39, 0.29) is 19.4 Å². The number of rotatable bonds is 8. The van der Waals surface area contributed by atoms with Crippen molar-refractivity contribution < 1.29 is 19.4 Å². The van der Waals surface area contributed by atoms with Crippen LogP contribution in [0.3, 0.4) is 0 Å². The Bertz CT molecular complexity index is 780. The maximum atomic E-state index is 12.0. The first-order valence-electron chi connectivity index (χ1n) is 8.28. The minimum Gasteiger partial charge on any atom is -0.484 e. The molecule has 0 aromatic heterocycles. The van der Waals surface area contributed by atoms with Gasteiger partial charge in [0.05, 0.1) is 12.1 Å². The second-order valence-corrected chi connectivity index (χ2v) is 5.97. The van der Waals surface area contributed by atoms with Gasteiger partial charge >= 0.3 is 5.97 Å². The average molecular weight is 354 g/mol. The second-order valence-electron chi connectivity index (χ2n) is 5.97. The van der Waals surface area contributed by atoms with Crippen molar-refractivity contribution in [2.75, 3.05) is 6.61 Å². The van der Waals surface area contributed by atoms with Crippen molar-refractivity contribution in [2.24, 2.45) is 5.10 Å². The van der Waals surface area contributed by atoms with Gasteiger partial charge in [0.25, 0.3) is 5.91 Å². The van der Waals surface area contributed by atoms with Gasteiger partial charge in [0.2, 0.25) is 0 Å². The third-order valence-corrected chi connectivity index (χ3v) is 3.56. The first-order valence-corrected chi connectivity index (χ1v) is 8.28. The highest BCUT2D eigenvalue weighted by molar-refractivity contribution is 6.02.